The van der Waals surface area contributed by atoms with Crippen LogP contribution in [-0.2, 0) is 21.2 Å². The molecule has 8 heteroatoms. The number of piperidine rings is 1. The standard InChI is InChI=1S/C27H29ClN2O4S/c28-23-13-14-26(34-24-11-5-2-6-12-24)25(20-23)29-27(31)22-15-17-30(18-16-22)35(32,33)19-7-10-21-8-3-1-4-9-21/h1-6,8-9,11-14,20,22H,7,10,15-19H2,(H,29,31). The maximum absolute atomic E-state index is 13.0. The van der Waals surface area contributed by atoms with Crippen molar-refractivity contribution in [2.75, 3.05) is 24.2 Å². The van der Waals surface area contributed by atoms with Gasteiger partial charge in [0.15, 0.2) is 5.75 Å². The largest absolute Gasteiger partial charge is 0.455 e. The van der Waals surface area contributed by atoms with Crippen LogP contribution in [0.1, 0.15) is 24.8 Å². The van der Waals surface area contributed by atoms with Gasteiger partial charge >= 0.3 is 0 Å². The van der Waals surface area contributed by atoms with E-state index in [9.17, 15) is 13.2 Å². The second-order valence-corrected chi connectivity index (χ2v) is 11.1. The number of carbonyl (C=O) groups excluding carboxylic acids is 1. The molecule has 1 saturated heterocycles. The van der Waals surface area contributed by atoms with Crippen LogP contribution in [-0.4, -0.2) is 37.5 Å². The smallest absolute Gasteiger partial charge is 0.227 e. The number of aryl methyl sites for hydroxylation is 1. The van der Waals surface area contributed by atoms with E-state index < -0.39 is 10.0 Å². The molecule has 3 aromatic carbocycles. The Balaban J connectivity index is 1.31. The fourth-order valence-electron chi connectivity index (χ4n) is 4.17. The van der Waals surface area contributed by atoms with Crippen LogP contribution >= 0.6 is 11.6 Å². The molecule has 0 saturated carbocycles. The van der Waals surface area contributed by atoms with Gasteiger partial charge in [-0.05, 0) is 61.6 Å². The number of ether oxygens (including phenoxy) is 1. The second-order valence-electron chi connectivity index (χ2n) is 8.62. The first-order chi connectivity index (χ1) is 16.9. The molecule has 1 fully saturated rings. The number of nitrogens with one attached hydrogen (secondary N) is 1. The molecular weight excluding hydrogens is 484 g/mol. The molecule has 0 aromatic heterocycles. The van der Waals surface area contributed by atoms with Crippen molar-refractivity contribution in [3.05, 3.63) is 89.4 Å². The predicted octanol–water partition coefficient (Wildman–Crippen LogP) is 5.75. The van der Waals surface area contributed by atoms with Crippen molar-refractivity contribution >= 4 is 33.2 Å². The van der Waals surface area contributed by atoms with Gasteiger partial charge < -0.3 is 10.1 Å². The van der Waals surface area contributed by atoms with Crippen LogP contribution in [0.3, 0.4) is 0 Å². The summed E-state index contributed by atoms with van der Waals surface area (Å²) < 4.78 is 33.0. The molecule has 6 nitrogen and oxygen atoms in total. The molecule has 1 aliphatic rings. The minimum Gasteiger partial charge on any atom is -0.455 e. The van der Waals surface area contributed by atoms with Gasteiger partial charge in [-0.15, -0.1) is 0 Å². The lowest BCUT2D eigenvalue weighted by molar-refractivity contribution is -0.120. The van der Waals surface area contributed by atoms with E-state index in [1.54, 1.807) is 18.2 Å². The normalized spacial score (nSPS) is 15.0. The van der Waals surface area contributed by atoms with Gasteiger partial charge in [-0.25, -0.2) is 12.7 Å². The molecule has 35 heavy (non-hydrogen) atoms. The van der Waals surface area contributed by atoms with E-state index in [0.29, 0.717) is 54.6 Å². The van der Waals surface area contributed by atoms with Gasteiger partial charge in [-0.3, -0.25) is 4.79 Å². The van der Waals surface area contributed by atoms with E-state index in [-0.39, 0.29) is 17.6 Å². The number of carbonyl (C=O) groups is 1. The van der Waals surface area contributed by atoms with Crippen LogP contribution in [0.4, 0.5) is 5.69 Å². The van der Waals surface area contributed by atoms with Crippen molar-refractivity contribution in [3.8, 4) is 11.5 Å². The minimum atomic E-state index is -3.34. The third kappa shape index (κ3) is 7.07. The molecule has 0 unspecified atom stereocenters. The van der Waals surface area contributed by atoms with Gasteiger partial charge in [0.2, 0.25) is 15.9 Å². The number of hydrogen-bond donors (Lipinski definition) is 1. The summed E-state index contributed by atoms with van der Waals surface area (Å²) in [4.78, 5) is 13.0. The number of nitrogens with zero attached hydrogens (tertiary/aromatic N) is 1. The first kappa shape index (κ1) is 25.2. The maximum Gasteiger partial charge on any atom is 0.227 e. The van der Waals surface area contributed by atoms with E-state index in [2.05, 4.69) is 5.32 Å². The highest BCUT2D eigenvalue weighted by atomic mass is 35.5. The van der Waals surface area contributed by atoms with Gasteiger partial charge in [0, 0.05) is 24.0 Å². The molecule has 184 valence electrons. The second kappa shape index (κ2) is 11.7. The number of benzene rings is 3. The first-order valence-corrected chi connectivity index (χ1v) is 13.7. The van der Waals surface area contributed by atoms with Crippen LogP contribution in [0.15, 0.2) is 78.9 Å². The zero-order chi connectivity index (χ0) is 24.7. The number of hydrogen-bond acceptors (Lipinski definition) is 4. The molecule has 0 spiro atoms. The summed E-state index contributed by atoms with van der Waals surface area (Å²) >= 11 is 6.16. The van der Waals surface area contributed by atoms with Gasteiger partial charge in [0.25, 0.3) is 0 Å². The zero-order valence-corrected chi connectivity index (χ0v) is 21.0. The molecular formula is C27H29ClN2O4S. The lowest BCUT2D eigenvalue weighted by Gasteiger charge is -2.30. The summed E-state index contributed by atoms with van der Waals surface area (Å²) in [6.45, 7) is 0.684. The number of halogens is 1. The summed E-state index contributed by atoms with van der Waals surface area (Å²) in [5.41, 5.74) is 1.62. The van der Waals surface area contributed by atoms with E-state index >= 15 is 0 Å². The molecule has 1 amide bonds. The Morgan fingerprint density at radius 2 is 1.63 bits per heavy atom. The van der Waals surface area contributed by atoms with Crippen LogP contribution in [0.2, 0.25) is 5.02 Å². The summed E-state index contributed by atoms with van der Waals surface area (Å²) in [6.07, 6.45) is 2.25. The van der Waals surface area contributed by atoms with Crippen LogP contribution in [0, 0.1) is 5.92 Å². The summed E-state index contributed by atoms with van der Waals surface area (Å²) in [5, 5.41) is 3.41. The summed E-state index contributed by atoms with van der Waals surface area (Å²) in [6, 6.07) is 24.2. The molecule has 0 bridgehead atoms. The molecule has 0 aliphatic carbocycles. The fourth-order valence-corrected chi connectivity index (χ4v) is 5.87. The van der Waals surface area contributed by atoms with Crippen molar-refractivity contribution in [2.24, 2.45) is 5.92 Å². The topological polar surface area (TPSA) is 75.7 Å². The van der Waals surface area contributed by atoms with Crippen molar-refractivity contribution in [3.63, 3.8) is 0 Å². The zero-order valence-electron chi connectivity index (χ0n) is 19.4. The third-order valence-electron chi connectivity index (χ3n) is 6.10. The van der Waals surface area contributed by atoms with Crippen molar-refractivity contribution in [1.29, 1.82) is 0 Å². The van der Waals surface area contributed by atoms with Gasteiger partial charge in [0.1, 0.15) is 5.75 Å². The Kier molecular flexibility index (Phi) is 8.44. The van der Waals surface area contributed by atoms with Crippen LogP contribution in [0.5, 0.6) is 11.5 Å². The Morgan fingerprint density at radius 3 is 2.31 bits per heavy atom. The molecule has 1 N–H and O–H groups in total. The van der Waals surface area contributed by atoms with Crippen LogP contribution < -0.4 is 10.1 Å². The average Bonchev–Trinajstić information content (AvgIpc) is 2.87. The number of sulfonamides is 1. The monoisotopic (exact) mass is 512 g/mol. The Hall–Kier alpha value is -2.87. The van der Waals surface area contributed by atoms with Gasteiger partial charge in [-0.2, -0.15) is 0 Å². The molecule has 0 atom stereocenters. The third-order valence-corrected chi connectivity index (χ3v) is 8.29. The van der Waals surface area contributed by atoms with Gasteiger partial charge in [0.05, 0.1) is 11.4 Å². The number of rotatable bonds is 9. The summed E-state index contributed by atoms with van der Waals surface area (Å²) in [7, 11) is -3.34. The fraction of sp³-hybridized carbons (Fsp3) is 0.296. The lowest BCUT2D eigenvalue weighted by atomic mass is 9.97. The number of amides is 1. The highest BCUT2D eigenvalue weighted by Gasteiger charge is 2.31. The molecule has 1 aliphatic heterocycles. The molecule has 1 heterocycles. The first-order valence-electron chi connectivity index (χ1n) is 11.8. The van der Waals surface area contributed by atoms with E-state index in [1.807, 2.05) is 60.7 Å². The van der Waals surface area contributed by atoms with Crippen molar-refractivity contribution in [1.82, 2.24) is 4.31 Å². The van der Waals surface area contributed by atoms with Crippen LogP contribution in [0.25, 0.3) is 0 Å². The molecule has 4 rings (SSSR count). The highest BCUT2D eigenvalue weighted by Crippen LogP contribution is 2.33. The Labute approximate surface area is 211 Å². The van der Waals surface area contributed by atoms with E-state index in [4.69, 9.17) is 16.3 Å². The highest BCUT2D eigenvalue weighted by molar-refractivity contribution is 7.89. The van der Waals surface area contributed by atoms with Crippen molar-refractivity contribution in [2.45, 2.75) is 25.7 Å². The van der Waals surface area contributed by atoms with E-state index in [0.717, 1.165) is 12.0 Å². The predicted molar refractivity (Wildman–Crippen MR) is 139 cm³/mol. The minimum absolute atomic E-state index is 0.113. The Bertz CT molecular complexity index is 1230. The number of anilines is 1. The SMILES string of the molecule is O=C(Nc1cc(Cl)ccc1Oc1ccccc1)C1CCN(S(=O)(=O)CCCc2ccccc2)CC1. The molecule has 3 aromatic rings. The van der Waals surface area contributed by atoms with E-state index in [1.165, 1.54) is 4.31 Å². The number of para-hydroxylation sites is 1. The Morgan fingerprint density at radius 1 is 0.971 bits per heavy atom. The summed E-state index contributed by atoms with van der Waals surface area (Å²) in [5.74, 6) is 0.811. The van der Waals surface area contributed by atoms with Gasteiger partial charge in [-0.1, -0.05) is 60.1 Å². The van der Waals surface area contributed by atoms with Crippen molar-refractivity contribution < 1.29 is 17.9 Å². The molecule has 0 radical (unpaired) electrons. The quantitative estimate of drug-likeness (QED) is 0.396. The maximum atomic E-state index is 13.0. The lowest BCUT2D eigenvalue weighted by Crippen LogP contribution is -2.42. The average molecular weight is 513 g/mol.